The maximum Gasteiger partial charge on any atom is 0.220 e. The fraction of sp³-hybridized carbons (Fsp3) is 0.231. The van der Waals surface area contributed by atoms with Gasteiger partial charge in [0.05, 0.1) is 17.1 Å². The van der Waals surface area contributed by atoms with E-state index in [9.17, 15) is 4.79 Å². The summed E-state index contributed by atoms with van der Waals surface area (Å²) in [5.74, 6) is 0.952. The van der Waals surface area contributed by atoms with Gasteiger partial charge in [0.1, 0.15) is 5.82 Å². The van der Waals surface area contributed by atoms with Gasteiger partial charge < -0.3 is 9.88 Å². The van der Waals surface area contributed by atoms with E-state index in [1.807, 2.05) is 49.4 Å². The van der Waals surface area contributed by atoms with Crippen molar-refractivity contribution in [1.82, 2.24) is 14.9 Å². The second-order valence-electron chi connectivity index (χ2n) is 7.62. The van der Waals surface area contributed by atoms with Crippen LogP contribution in [0.15, 0.2) is 84.9 Å². The van der Waals surface area contributed by atoms with Gasteiger partial charge in [0.15, 0.2) is 0 Å². The fourth-order valence-corrected chi connectivity index (χ4v) is 3.83. The molecule has 0 aliphatic carbocycles. The Labute approximate surface area is 177 Å². The first-order valence-electron chi connectivity index (χ1n) is 10.5. The first-order chi connectivity index (χ1) is 14.7. The number of para-hydroxylation sites is 2. The Balaban J connectivity index is 1.48. The molecule has 1 amide bonds. The van der Waals surface area contributed by atoms with Crippen LogP contribution in [0.4, 0.5) is 0 Å². The van der Waals surface area contributed by atoms with Gasteiger partial charge in [-0.2, -0.15) is 0 Å². The molecule has 1 heterocycles. The summed E-state index contributed by atoms with van der Waals surface area (Å²) in [6, 6.07) is 28.6. The number of benzene rings is 3. The van der Waals surface area contributed by atoms with Crippen molar-refractivity contribution in [2.45, 2.75) is 38.8 Å². The fourth-order valence-electron chi connectivity index (χ4n) is 3.83. The third kappa shape index (κ3) is 4.77. The van der Waals surface area contributed by atoms with Crippen LogP contribution in [0.25, 0.3) is 11.0 Å². The minimum absolute atomic E-state index is 0.0491. The highest BCUT2D eigenvalue weighted by Gasteiger charge is 2.18. The molecule has 0 saturated heterocycles. The summed E-state index contributed by atoms with van der Waals surface area (Å²) in [4.78, 5) is 17.4. The Morgan fingerprint density at radius 2 is 1.47 bits per heavy atom. The predicted octanol–water partition coefficient (Wildman–Crippen LogP) is 5.09. The standard InChI is InChI=1S/C26H27N3O/c1-20(27-25(30)17-16-21-10-4-2-5-11-21)26-28-23-14-8-9-15-24(23)29(26)19-18-22-12-6-3-7-13-22/h2-15,20H,16-19H2,1H3,(H,27,30). The number of rotatable bonds is 8. The Morgan fingerprint density at radius 1 is 0.867 bits per heavy atom. The van der Waals surface area contributed by atoms with E-state index < -0.39 is 0 Å². The van der Waals surface area contributed by atoms with Crippen LogP contribution >= 0.6 is 0 Å². The third-order valence-corrected chi connectivity index (χ3v) is 5.40. The van der Waals surface area contributed by atoms with E-state index in [4.69, 9.17) is 4.98 Å². The van der Waals surface area contributed by atoms with Crippen molar-refractivity contribution in [1.29, 1.82) is 0 Å². The van der Waals surface area contributed by atoms with Crippen LogP contribution in [-0.4, -0.2) is 15.5 Å². The maximum atomic E-state index is 12.6. The van der Waals surface area contributed by atoms with Gasteiger partial charge in [-0.15, -0.1) is 0 Å². The minimum atomic E-state index is -0.156. The quantitative estimate of drug-likeness (QED) is 0.450. The highest BCUT2D eigenvalue weighted by Crippen LogP contribution is 2.22. The van der Waals surface area contributed by atoms with Crippen LogP contribution in [0, 0.1) is 0 Å². The lowest BCUT2D eigenvalue weighted by Gasteiger charge is -2.16. The Hall–Kier alpha value is -3.40. The molecule has 1 N–H and O–H groups in total. The molecule has 30 heavy (non-hydrogen) atoms. The molecule has 4 aromatic rings. The van der Waals surface area contributed by atoms with Gasteiger partial charge in [-0.05, 0) is 43.0 Å². The molecular weight excluding hydrogens is 370 g/mol. The first kappa shape index (κ1) is 19.9. The molecule has 1 atom stereocenters. The van der Waals surface area contributed by atoms with Gasteiger partial charge in [0.2, 0.25) is 5.91 Å². The number of nitrogens with one attached hydrogen (secondary N) is 1. The Bertz CT molecular complexity index is 1100. The normalized spacial score (nSPS) is 12.0. The van der Waals surface area contributed by atoms with E-state index in [0.29, 0.717) is 6.42 Å². The molecule has 4 nitrogen and oxygen atoms in total. The lowest BCUT2D eigenvalue weighted by molar-refractivity contribution is -0.121. The monoisotopic (exact) mass is 397 g/mol. The number of hydrogen-bond donors (Lipinski definition) is 1. The zero-order valence-corrected chi connectivity index (χ0v) is 17.3. The molecule has 1 unspecified atom stereocenters. The number of amides is 1. The van der Waals surface area contributed by atoms with Gasteiger partial charge in [-0.3, -0.25) is 4.79 Å². The summed E-state index contributed by atoms with van der Waals surface area (Å²) in [7, 11) is 0. The number of imidazole rings is 1. The number of aryl methyl sites for hydroxylation is 3. The summed E-state index contributed by atoms with van der Waals surface area (Å²) in [5, 5.41) is 3.14. The molecule has 0 spiro atoms. The van der Waals surface area contributed by atoms with Crippen LogP contribution in [-0.2, 0) is 24.2 Å². The van der Waals surface area contributed by atoms with Gasteiger partial charge >= 0.3 is 0 Å². The second-order valence-corrected chi connectivity index (χ2v) is 7.62. The van der Waals surface area contributed by atoms with E-state index in [2.05, 4.69) is 52.3 Å². The lowest BCUT2D eigenvalue weighted by Crippen LogP contribution is -2.29. The Morgan fingerprint density at radius 3 is 2.17 bits per heavy atom. The van der Waals surface area contributed by atoms with Gasteiger partial charge in [0.25, 0.3) is 0 Å². The number of hydrogen-bond acceptors (Lipinski definition) is 2. The van der Waals surface area contributed by atoms with Crippen molar-refractivity contribution in [3.63, 3.8) is 0 Å². The zero-order valence-electron chi connectivity index (χ0n) is 17.3. The number of carbonyl (C=O) groups excluding carboxylic acids is 1. The molecule has 0 aliphatic heterocycles. The van der Waals surface area contributed by atoms with E-state index in [0.717, 1.165) is 36.2 Å². The molecule has 3 aromatic carbocycles. The molecule has 0 radical (unpaired) electrons. The number of nitrogens with zero attached hydrogens (tertiary/aromatic N) is 2. The maximum absolute atomic E-state index is 12.6. The van der Waals surface area contributed by atoms with E-state index >= 15 is 0 Å². The highest BCUT2D eigenvalue weighted by atomic mass is 16.1. The molecule has 0 saturated carbocycles. The summed E-state index contributed by atoms with van der Waals surface area (Å²) >= 11 is 0. The molecule has 0 bridgehead atoms. The molecule has 1 aromatic heterocycles. The van der Waals surface area contributed by atoms with Crippen molar-refractivity contribution < 1.29 is 4.79 Å². The predicted molar refractivity (Wildman–Crippen MR) is 121 cm³/mol. The van der Waals surface area contributed by atoms with Gasteiger partial charge in [-0.25, -0.2) is 4.98 Å². The number of carbonyl (C=O) groups is 1. The summed E-state index contributed by atoms with van der Waals surface area (Å²) in [5.41, 5.74) is 4.54. The minimum Gasteiger partial charge on any atom is -0.346 e. The van der Waals surface area contributed by atoms with Crippen LogP contribution in [0.2, 0.25) is 0 Å². The third-order valence-electron chi connectivity index (χ3n) is 5.40. The van der Waals surface area contributed by atoms with Crippen molar-refractivity contribution in [2.24, 2.45) is 0 Å². The van der Waals surface area contributed by atoms with Crippen LogP contribution in [0.1, 0.15) is 36.3 Å². The van der Waals surface area contributed by atoms with Crippen molar-refractivity contribution in [2.75, 3.05) is 0 Å². The van der Waals surface area contributed by atoms with Crippen molar-refractivity contribution in [3.05, 3.63) is 102 Å². The van der Waals surface area contributed by atoms with E-state index in [1.54, 1.807) is 0 Å². The molecule has 0 aliphatic rings. The largest absolute Gasteiger partial charge is 0.346 e. The lowest BCUT2D eigenvalue weighted by atomic mass is 10.1. The first-order valence-corrected chi connectivity index (χ1v) is 10.5. The average Bonchev–Trinajstić information content (AvgIpc) is 3.16. The molecule has 152 valence electrons. The number of fused-ring (bicyclic) bond motifs is 1. The molecule has 4 rings (SSSR count). The smallest absolute Gasteiger partial charge is 0.220 e. The average molecular weight is 398 g/mol. The van der Waals surface area contributed by atoms with E-state index in [1.165, 1.54) is 11.1 Å². The van der Waals surface area contributed by atoms with Crippen molar-refractivity contribution in [3.8, 4) is 0 Å². The molecule has 4 heteroatoms. The number of aromatic nitrogens is 2. The summed E-state index contributed by atoms with van der Waals surface area (Å²) in [6.45, 7) is 2.84. The molecular formula is C26H27N3O. The highest BCUT2D eigenvalue weighted by molar-refractivity contribution is 5.78. The van der Waals surface area contributed by atoms with Gasteiger partial charge in [-0.1, -0.05) is 72.8 Å². The van der Waals surface area contributed by atoms with Crippen LogP contribution < -0.4 is 5.32 Å². The van der Waals surface area contributed by atoms with Gasteiger partial charge in [0, 0.05) is 13.0 Å². The SMILES string of the molecule is CC(NC(=O)CCc1ccccc1)c1nc2ccccc2n1CCc1ccccc1. The van der Waals surface area contributed by atoms with Crippen LogP contribution in [0.3, 0.4) is 0 Å². The zero-order chi connectivity index (χ0) is 20.8. The van der Waals surface area contributed by atoms with E-state index in [-0.39, 0.29) is 11.9 Å². The summed E-state index contributed by atoms with van der Waals surface area (Å²) < 4.78 is 2.24. The Kier molecular flexibility index (Phi) is 6.23. The van der Waals surface area contributed by atoms with Crippen LogP contribution in [0.5, 0.6) is 0 Å². The second kappa shape index (κ2) is 9.40. The van der Waals surface area contributed by atoms with Crippen molar-refractivity contribution >= 4 is 16.9 Å². The topological polar surface area (TPSA) is 46.9 Å². The molecule has 0 fully saturated rings. The summed E-state index contributed by atoms with van der Waals surface area (Å²) in [6.07, 6.45) is 2.13.